The van der Waals surface area contributed by atoms with Crippen LogP contribution in [0.3, 0.4) is 0 Å². The maximum Gasteiger partial charge on any atom is 0.129 e. The summed E-state index contributed by atoms with van der Waals surface area (Å²) in [7, 11) is 0. The third kappa shape index (κ3) is 3.32. The molecule has 0 aliphatic carbocycles. The highest BCUT2D eigenvalue weighted by molar-refractivity contribution is 6.42. The Morgan fingerprint density at radius 1 is 1.10 bits per heavy atom. The van der Waals surface area contributed by atoms with Gasteiger partial charge in [-0.25, -0.2) is 4.39 Å². The van der Waals surface area contributed by atoms with E-state index in [1.54, 1.807) is 25.1 Å². The Morgan fingerprint density at radius 2 is 1.80 bits per heavy atom. The quantitative estimate of drug-likeness (QED) is 0.843. The summed E-state index contributed by atoms with van der Waals surface area (Å²) in [6.45, 7) is 3.62. The molecule has 1 atom stereocenters. The highest BCUT2D eigenvalue weighted by atomic mass is 35.5. The SMILES string of the molecule is Cc1cc(C)c(C(O)Cc2ccc(Cl)c(Cl)c2)c(F)c1. The van der Waals surface area contributed by atoms with E-state index in [2.05, 4.69) is 0 Å². The van der Waals surface area contributed by atoms with Crippen molar-refractivity contribution in [3.63, 3.8) is 0 Å². The van der Waals surface area contributed by atoms with E-state index in [1.165, 1.54) is 6.07 Å². The first-order chi connectivity index (χ1) is 9.38. The van der Waals surface area contributed by atoms with E-state index in [1.807, 2.05) is 13.0 Å². The van der Waals surface area contributed by atoms with Gasteiger partial charge in [0.05, 0.1) is 16.1 Å². The number of benzene rings is 2. The summed E-state index contributed by atoms with van der Waals surface area (Å²) in [4.78, 5) is 0. The molecule has 0 amide bonds. The van der Waals surface area contributed by atoms with Crippen molar-refractivity contribution in [2.24, 2.45) is 0 Å². The third-order valence-electron chi connectivity index (χ3n) is 3.23. The maximum absolute atomic E-state index is 14.0. The Morgan fingerprint density at radius 3 is 2.40 bits per heavy atom. The van der Waals surface area contributed by atoms with Gasteiger partial charge < -0.3 is 5.11 Å². The molecule has 1 unspecified atom stereocenters. The highest BCUT2D eigenvalue weighted by Crippen LogP contribution is 2.28. The fraction of sp³-hybridized carbons (Fsp3) is 0.250. The number of rotatable bonds is 3. The number of aliphatic hydroxyl groups is 1. The Balaban J connectivity index is 2.28. The van der Waals surface area contributed by atoms with Gasteiger partial charge in [0.15, 0.2) is 0 Å². The Hall–Kier alpha value is -1.09. The first-order valence-corrected chi connectivity index (χ1v) is 7.02. The van der Waals surface area contributed by atoms with Crippen molar-refractivity contribution in [2.75, 3.05) is 0 Å². The fourth-order valence-corrected chi connectivity index (χ4v) is 2.66. The maximum atomic E-state index is 14.0. The van der Waals surface area contributed by atoms with Crippen LogP contribution < -0.4 is 0 Å². The molecule has 0 bridgehead atoms. The van der Waals surface area contributed by atoms with E-state index >= 15 is 0 Å². The zero-order chi connectivity index (χ0) is 14.9. The van der Waals surface area contributed by atoms with E-state index in [0.29, 0.717) is 15.6 Å². The number of aliphatic hydroxyl groups excluding tert-OH is 1. The number of aryl methyl sites for hydroxylation is 2. The molecule has 0 aliphatic heterocycles. The third-order valence-corrected chi connectivity index (χ3v) is 3.97. The Labute approximate surface area is 128 Å². The lowest BCUT2D eigenvalue weighted by molar-refractivity contribution is 0.173. The molecule has 2 aromatic rings. The number of hydrogen-bond acceptors (Lipinski definition) is 1. The summed E-state index contributed by atoms with van der Waals surface area (Å²) >= 11 is 11.8. The van der Waals surface area contributed by atoms with Crippen molar-refractivity contribution in [1.29, 1.82) is 0 Å². The molecular formula is C16H15Cl2FO. The van der Waals surface area contributed by atoms with Crippen LogP contribution in [0.15, 0.2) is 30.3 Å². The van der Waals surface area contributed by atoms with Gasteiger partial charge in [-0.1, -0.05) is 35.3 Å². The minimum atomic E-state index is -0.909. The molecule has 0 fully saturated rings. The monoisotopic (exact) mass is 312 g/mol. The van der Waals surface area contributed by atoms with Crippen LogP contribution in [0.25, 0.3) is 0 Å². The summed E-state index contributed by atoms with van der Waals surface area (Å²) in [5.41, 5.74) is 2.73. The van der Waals surface area contributed by atoms with Gasteiger partial charge >= 0.3 is 0 Å². The summed E-state index contributed by atoms with van der Waals surface area (Å²) in [5, 5.41) is 11.2. The number of hydrogen-bond donors (Lipinski definition) is 1. The first kappa shape index (κ1) is 15.3. The molecular weight excluding hydrogens is 298 g/mol. The van der Waals surface area contributed by atoms with Crippen molar-refractivity contribution >= 4 is 23.2 Å². The molecule has 1 nitrogen and oxygen atoms in total. The average Bonchev–Trinajstić information content (AvgIpc) is 2.32. The second kappa shape index (κ2) is 6.13. The predicted octanol–water partition coefficient (Wildman–Crippen LogP) is 5.03. The lowest BCUT2D eigenvalue weighted by Crippen LogP contribution is -2.07. The van der Waals surface area contributed by atoms with E-state index < -0.39 is 6.10 Å². The predicted molar refractivity (Wildman–Crippen MR) is 81.0 cm³/mol. The molecule has 0 heterocycles. The van der Waals surface area contributed by atoms with Crippen molar-refractivity contribution in [3.8, 4) is 0 Å². The van der Waals surface area contributed by atoms with Gasteiger partial charge in [0, 0.05) is 12.0 Å². The summed E-state index contributed by atoms with van der Waals surface area (Å²) in [6.07, 6.45) is -0.620. The van der Waals surface area contributed by atoms with Crippen LogP contribution in [0.2, 0.25) is 10.0 Å². The average molecular weight is 313 g/mol. The standard InChI is InChI=1S/C16H15Cl2FO/c1-9-5-10(2)16(14(19)6-9)15(20)8-11-3-4-12(17)13(18)7-11/h3-7,15,20H,8H2,1-2H3. The van der Waals surface area contributed by atoms with Gasteiger partial charge in [0.25, 0.3) is 0 Å². The second-order valence-corrected chi connectivity index (χ2v) is 5.76. The first-order valence-electron chi connectivity index (χ1n) is 6.27. The van der Waals surface area contributed by atoms with Crippen LogP contribution in [-0.4, -0.2) is 5.11 Å². The van der Waals surface area contributed by atoms with Crippen LogP contribution in [0.1, 0.15) is 28.4 Å². The Kier molecular flexibility index (Phi) is 4.69. The molecule has 4 heteroatoms. The van der Waals surface area contributed by atoms with Gasteiger partial charge in [-0.15, -0.1) is 0 Å². The number of halogens is 3. The topological polar surface area (TPSA) is 20.2 Å². The second-order valence-electron chi connectivity index (χ2n) is 4.95. The van der Waals surface area contributed by atoms with E-state index in [4.69, 9.17) is 23.2 Å². The fourth-order valence-electron chi connectivity index (χ4n) is 2.34. The van der Waals surface area contributed by atoms with Crippen molar-refractivity contribution in [2.45, 2.75) is 26.4 Å². The molecule has 0 aromatic heterocycles. The molecule has 20 heavy (non-hydrogen) atoms. The minimum absolute atomic E-state index is 0.289. The van der Waals surface area contributed by atoms with Crippen LogP contribution in [-0.2, 0) is 6.42 Å². The van der Waals surface area contributed by atoms with Gasteiger partial charge in [-0.2, -0.15) is 0 Å². The van der Waals surface area contributed by atoms with Gasteiger partial charge in [0.1, 0.15) is 5.82 Å². The van der Waals surface area contributed by atoms with Gasteiger partial charge in [-0.05, 0) is 48.7 Å². The van der Waals surface area contributed by atoms with Crippen molar-refractivity contribution in [1.82, 2.24) is 0 Å². The lowest BCUT2D eigenvalue weighted by atomic mass is 9.96. The summed E-state index contributed by atoms with van der Waals surface area (Å²) < 4.78 is 14.0. The van der Waals surface area contributed by atoms with E-state index in [9.17, 15) is 9.50 Å². The molecule has 0 saturated heterocycles. The van der Waals surface area contributed by atoms with Crippen molar-refractivity contribution in [3.05, 3.63) is 68.4 Å². The molecule has 1 N–H and O–H groups in total. The van der Waals surface area contributed by atoms with Crippen LogP contribution in [0.5, 0.6) is 0 Å². The molecule has 0 aliphatic rings. The largest absolute Gasteiger partial charge is 0.388 e. The van der Waals surface area contributed by atoms with E-state index in [-0.39, 0.29) is 12.2 Å². The smallest absolute Gasteiger partial charge is 0.129 e. The Bertz CT molecular complexity index is 617. The minimum Gasteiger partial charge on any atom is -0.388 e. The van der Waals surface area contributed by atoms with Crippen LogP contribution >= 0.6 is 23.2 Å². The summed E-state index contributed by atoms with van der Waals surface area (Å²) in [6, 6.07) is 8.43. The lowest BCUT2D eigenvalue weighted by Gasteiger charge is -2.16. The van der Waals surface area contributed by atoms with Gasteiger partial charge in [-0.3, -0.25) is 0 Å². The zero-order valence-corrected chi connectivity index (χ0v) is 12.8. The molecule has 106 valence electrons. The molecule has 0 saturated carbocycles. The normalized spacial score (nSPS) is 12.5. The highest BCUT2D eigenvalue weighted by Gasteiger charge is 2.17. The summed E-state index contributed by atoms with van der Waals surface area (Å²) in [5.74, 6) is -0.380. The van der Waals surface area contributed by atoms with Crippen molar-refractivity contribution < 1.29 is 9.50 Å². The molecule has 2 rings (SSSR count). The van der Waals surface area contributed by atoms with Crippen LogP contribution in [0.4, 0.5) is 4.39 Å². The zero-order valence-electron chi connectivity index (χ0n) is 11.3. The van der Waals surface area contributed by atoms with E-state index in [0.717, 1.165) is 16.7 Å². The molecule has 0 spiro atoms. The molecule has 0 radical (unpaired) electrons. The van der Waals surface area contributed by atoms with Crippen LogP contribution in [0, 0.1) is 19.7 Å². The molecule has 2 aromatic carbocycles. The van der Waals surface area contributed by atoms with Gasteiger partial charge in [0.2, 0.25) is 0 Å².